The van der Waals surface area contributed by atoms with E-state index in [0.717, 1.165) is 51.3 Å². The summed E-state index contributed by atoms with van der Waals surface area (Å²) in [7, 11) is 0. The first kappa shape index (κ1) is 12.8. The molecule has 1 aromatic rings. The second kappa shape index (κ2) is 5.43. The van der Waals surface area contributed by atoms with Gasteiger partial charge in [0.2, 0.25) is 0 Å². The molecule has 0 bridgehead atoms. The number of hydrogen-bond donors (Lipinski definition) is 2. The van der Waals surface area contributed by atoms with Crippen molar-refractivity contribution in [1.82, 2.24) is 15.3 Å². The zero-order valence-corrected chi connectivity index (χ0v) is 11.5. The smallest absolute Gasteiger partial charge is 0.136 e. The van der Waals surface area contributed by atoms with Crippen molar-refractivity contribution in [3.05, 3.63) is 17.6 Å². The summed E-state index contributed by atoms with van der Waals surface area (Å²) in [6, 6.07) is 0. The average molecular weight is 262 g/mol. The maximum absolute atomic E-state index is 9.67. The minimum absolute atomic E-state index is 0.192. The molecule has 0 radical (unpaired) electrons. The Labute approximate surface area is 114 Å². The van der Waals surface area contributed by atoms with Crippen molar-refractivity contribution in [2.75, 3.05) is 24.5 Å². The van der Waals surface area contributed by atoms with E-state index < -0.39 is 0 Å². The second-order valence-corrected chi connectivity index (χ2v) is 5.61. The van der Waals surface area contributed by atoms with Crippen LogP contribution in [0.25, 0.3) is 0 Å². The van der Waals surface area contributed by atoms with Crippen LogP contribution in [0.15, 0.2) is 6.33 Å². The van der Waals surface area contributed by atoms with E-state index >= 15 is 0 Å². The Kier molecular flexibility index (Phi) is 3.66. The van der Waals surface area contributed by atoms with E-state index in [0.29, 0.717) is 5.92 Å². The van der Waals surface area contributed by atoms with Crippen molar-refractivity contribution in [1.29, 1.82) is 0 Å². The van der Waals surface area contributed by atoms with E-state index in [9.17, 15) is 5.11 Å². The van der Waals surface area contributed by atoms with Crippen molar-refractivity contribution in [2.45, 2.75) is 38.8 Å². The summed E-state index contributed by atoms with van der Waals surface area (Å²) in [5.74, 6) is 1.54. The summed E-state index contributed by atoms with van der Waals surface area (Å²) in [6.45, 7) is 5.75. The number of aromatic nitrogens is 2. The van der Waals surface area contributed by atoms with Gasteiger partial charge in [0.1, 0.15) is 12.1 Å². The SMILES string of the molecule is CC(O)C1CCN(c2ncnc3c2CNCC3)CC1. The Morgan fingerprint density at radius 2 is 2.16 bits per heavy atom. The van der Waals surface area contributed by atoms with Gasteiger partial charge in [-0.15, -0.1) is 0 Å². The normalized spacial score (nSPS) is 22.1. The van der Waals surface area contributed by atoms with Crippen LogP contribution in [0, 0.1) is 5.92 Å². The molecule has 0 aliphatic carbocycles. The molecule has 1 fully saturated rings. The zero-order valence-electron chi connectivity index (χ0n) is 11.5. The Morgan fingerprint density at radius 1 is 1.37 bits per heavy atom. The monoisotopic (exact) mass is 262 g/mol. The lowest BCUT2D eigenvalue weighted by molar-refractivity contribution is 0.109. The molecule has 1 aromatic heterocycles. The Bertz CT molecular complexity index is 441. The molecule has 5 nitrogen and oxygen atoms in total. The molecule has 0 amide bonds. The van der Waals surface area contributed by atoms with Crippen LogP contribution in [0.1, 0.15) is 31.0 Å². The van der Waals surface area contributed by atoms with E-state index in [-0.39, 0.29) is 6.10 Å². The number of piperidine rings is 1. The molecule has 2 aliphatic rings. The highest BCUT2D eigenvalue weighted by molar-refractivity contribution is 5.49. The number of hydrogen-bond acceptors (Lipinski definition) is 5. The molecule has 2 N–H and O–H groups in total. The summed E-state index contributed by atoms with van der Waals surface area (Å²) in [5, 5.41) is 13.1. The molecular formula is C14H22N4O. The van der Waals surface area contributed by atoms with Crippen LogP contribution >= 0.6 is 0 Å². The van der Waals surface area contributed by atoms with Crippen LogP contribution in [0.2, 0.25) is 0 Å². The summed E-state index contributed by atoms with van der Waals surface area (Å²) >= 11 is 0. The van der Waals surface area contributed by atoms with E-state index in [1.54, 1.807) is 6.33 Å². The Balaban J connectivity index is 1.77. The van der Waals surface area contributed by atoms with Crippen LogP contribution in [-0.4, -0.2) is 40.8 Å². The molecule has 1 saturated heterocycles. The van der Waals surface area contributed by atoms with Gasteiger partial charge in [-0.05, 0) is 25.7 Å². The number of nitrogens with zero attached hydrogens (tertiary/aromatic N) is 3. The van der Waals surface area contributed by atoms with Gasteiger partial charge in [-0.2, -0.15) is 0 Å². The molecule has 2 aliphatic heterocycles. The quantitative estimate of drug-likeness (QED) is 0.822. The van der Waals surface area contributed by atoms with Crippen molar-refractivity contribution in [2.24, 2.45) is 5.92 Å². The van der Waals surface area contributed by atoms with E-state index in [1.807, 2.05) is 6.92 Å². The first-order chi connectivity index (χ1) is 9.25. The van der Waals surface area contributed by atoms with E-state index in [1.165, 1.54) is 11.3 Å². The highest BCUT2D eigenvalue weighted by atomic mass is 16.3. The second-order valence-electron chi connectivity index (χ2n) is 5.61. The molecule has 3 heterocycles. The van der Waals surface area contributed by atoms with Gasteiger partial charge in [0.05, 0.1) is 11.8 Å². The molecule has 104 valence electrons. The molecular weight excluding hydrogens is 240 g/mol. The van der Waals surface area contributed by atoms with Crippen molar-refractivity contribution < 1.29 is 5.11 Å². The summed E-state index contributed by atoms with van der Waals surface area (Å²) in [4.78, 5) is 11.3. The number of rotatable bonds is 2. The van der Waals surface area contributed by atoms with Crippen molar-refractivity contribution in [3.63, 3.8) is 0 Å². The van der Waals surface area contributed by atoms with Crippen molar-refractivity contribution in [3.8, 4) is 0 Å². The average Bonchev–Trinajstić information content (AvgIpc) is 2.47. The standard InChI is InChI=1S/C14H22N4O/c1-10(19)11-3-6-18(7-4-11)14-12-8-15-5-2-13(12)16-9-17-14/h9-11,15,19H,2-8H2,1H3. The summed E-state index contributed by atoms with van der Waals surface area (Å²) in [5.41, 5.74) is 2.46. The molecule has 0 saturated carbocycles. The number of anilines is 1. The minimum Gasteiger partial charge on any atom is -0.393 e. The van der Waals surface area contributed by atoms with Gasteiger partial charge in [-0.25, -0.2) is 9.97 Å². The molecule has 5 heteroatoms. The lowest BCUT2D eigenvalue weighted by Crippen LogP contribution is -2.39. The summed E-state index contributed by atoms with van der Waals surface area (Å²) in [6.07, 6.45) is 4.59. The molecule has 1 unspecified atom stereocenters. The predicted molar refractivity (Wildman–Crippen MR) is 74.1 cm³/mol. The van der Waals surface area contributed by atoms with Crippen molar-refractivity contribution >= 4 is 5.82 Å². The van der Waals surface area contributed by atoms with Gasteiger partial charge >= 0.3 is 0 Å². The zero-order chi connectivity index (χ0) is 13.2. The molecule has 3 rings (SSSR count). The van der Waals surface area contributed by atoms with Gasteiger partial charge in [0.25, 0.3) is 0 Å². The molecule has 0 spiro atoms. The third-order valence-electron chi connectivity index (χ3n) is 4.37. The number of nitrogens with one attached hydrogen (secondary N) is 1. The first-order valence-corrected chi connectivity index (χ1v) is 7.22. The van der Waals surface area contributed by atoms with Crippen LogP contribution < -0.4 is 10.2 Å². The number of aliphatic hydroxyl groups is 1. The topological polar surface area (TPSA) is 61.3 Å². The number of fused-ring (bicyclic) bond motifs is 1. The van der Waals surface area contributed by atoms with Gasteiger partial charge in [0, 0.05) is 38.2 Å². The molecule has 19 heavy (non-hydrogen) atoms. The third kappa shape index (κ3) is 2.58. The van der Waals surface area contributed by atoms with Crippen LogP contribution in [-0.2, 0) is 13.0 Å². The van der Waals surface area contributed by atoms with Gasteiger partial charge in [-0.1, -0.05) is 0 Å². The molecule has 1 atom stereocenters. The highest BCUT2D eigenvalue weighted by Crippen LogP contribution is 2.28. The number of aliphatic hydroxyl groups excluding tert-OH is 1. The predicted octanol–water partition coefficient (Wildman–Crippen LogP) is 0.719. The summed E-state index contributed by atoms with van der Waals surface area (Å²) < 4.78 is 0. The van der Waals surface area contributed by atoms with Crippen LogP contribution in [0.5, 0.6) is 0 Å². The largest absolute Gasteiger partial charge is 0.393 e. The van der Waals surface area contributed by atoms with Gasteiger partial charge in [0.15, 0.2) is 0 Å². The van der Waals surface area contributed by atoms with E-state index in [2.05, 4.69) is 20.2 Å². The van der Waals surface area contributed by atoms with Gasteiger partial charge in [-0.3, -0.25) is 0 Å². The lowest BCUT2D eigenvalue weighted by Gasteiger charge is -2.35. The van der Waals surface area contributed by atoms with E-state index in [4.69, 9.17) is 0 Å². The third-order valence-corrected chi connectivity index (χ3v) is 4.37. The van der Waals surface area contributed by atoms with Gasteiger partial charge < -0.3 is 15.3 Å². The van der Waals surface area contributed by atoms with Crippen LogP contribution in [0.4, 0.5) is 5.82 Å². The maximum Gasteiger partial charge on any atom is 0.136 e. The fourth-order valence-corrected chi connectivity index (χ4v) is 3.12. The Morgan fingerprint density at radius 3 is 2.89 bits per heavy atom. The Hall–Kier alpha value is -1.20. The lowest BCUT2D eigenvalue weighted by atomic mass is 9.92. The fourth-order valence-electron chi connectivity index (χ4n) is 3.12. The highest BCUT2D eigenvalue weighted by Gasteiger charge is 2.26. The fraction of sp³-hybridized carbons (Fsp3) is 0.714. The minimum atomic E-state index is -0.192. The maximum atomic E-state index is 9.67. The first-order valence-electron chi connectivity index (χ1n) is 7.22. The molecule has 0 aromatic carbocycles. The van der Waals surface area contributed by atoms with Crippen LogP contribution in [0.3, 0.4) is 0 Å².